The first-order chi connectivity index (χ1) is 12.0. The number of allylic oxidation sites excluding steroid dienone is 1. The molecule has 0 saturated carbocycles. The lowest BCUT2D eigenvalue weighted by Gasteiger charge is -2.07. The van der Waals surface area contributed by atoms with E-state index in [4.69, 9.17) is 4.52 Å². The number of benzene rings is 1. The van der Waals surface area contributed by atoms with Crippen LogP contribution in [-0.2, 0) is 0 Å². The van der Waals surface area contributed by atoms with E-state index in [0.717, 1.165) is 57.9 Å². The highest BCUT2D eigenvalue weighted by molar-refractivity contribution is 5.90. The number of aromatic hydroxyl groups is 1. The Morgan fingerprint density at radius 1 is 1.12 bits per heavy atom. The summed E-state index contributed by atoms with van der Waals surface area (Å²) in [6.45, 7) is 8.13. The molecule has 0 spiro atoms. The number of aromatic nitrogens is 2. The second kappa shape index (κ2) is 7.01. The van der Waals surface area contributed by atoms with Crippen LogP contribution in [0.2, 0.25) is 0 Å². The minimum Gasteiger partial charge on any atom is -0.508 e. The van der Waals surface area contributed by atoms with E-state index in [1.165, 1.54) is 0 Å². The molecule has 130 valence electrons. The maximum absolute atomic E-state index is 9.65. The zero-order valence-electron chi connectivity index (χ0n) is 15.2. The summed E-state index contributed by atoms with van der Waals surface area (Å²) in [7, 11) is 0. The Bertz CT molecular complexity index is 879. The van der Waals surface area contributed by atoms with Gasteiger partial charge in [0, 0.05) is 16.8 Å². The number of nitrogens with one attached hydrogen (secondary N) is 1. The Kier molecular flexibility index (Phi) is 4.79. The van der Waals surface area contributed by atoms with E-state index in [0.29, 0.717) is 0 Å². The van der Waals surface area contributed by atoms with Crippen molar-refractivity contribution in [2.45, 2.75) is 40.5 Å². The smallest absolute Gasteiger partial charge is 0.143 e. The van der Waals surface area contributed by atoms with Gasteiger partial charge in [0.2, 0.25) is 0 Å². The van der Waals surface area contributed by atoms with Crippen molar-refractivity contribution in [3.63, 3.8) is 0 Å². The van der Waals surface area contributed by atoms with Gasteiger partial charge in [-0.15, -0.1) is 0 Å². The lowest BCUT2D eigenvalue weighted by molar-refractivity contribution is 0.393. The van der Waals surface area contributed by atoms with Gasteiger partial charge in [-0.25, -0.2) is 0 Å². The number of rotatable bonds is 5. The molecule has 3 aromatic rings. The number of hydrogen-bond acceptors (Lipinski definition) is 3. The minimum absolute atomic E-state index is 0.262. The third kappa shape index (κ3) is 3.25. The molecule has 0 saturated heterocycles. The van der Waals surface area contributed by atoms with Crippen LogP contribution >= 0.6 is 0 Å². The molecular weight excluding hydrogens is 312 g/mol. The average Bonchev–Trinajstić information content (AvgIpc) is 3.08. The van der Waals surface area contributed by atoms with Crippen LogP contribution in [0.4, 0.5) is 0 Å². The zero-order chi connectivity index (χ0) is 18.0. The second-order valence-electron chi connectivity index (χ2n) is 6.35. The molecule has 2 N–H and O–H groups in total. The molecule has 0 radical (unpaired) electrons. The normalized spacial score (nSPS) is 11.5. The fourth-order valence-corrected chi connectivity index (χ4v) is 3.17. The van der Waals surface area contributed by atoms with Crippen molar-refractivity contribution >= 4 is 6.08 Å². The molecule has 0 aliphatic heterocycles. The summed E-state index contributed by atoms with van der Waals surface area (Å²) in [4.78, 5) is 3.52. The first kappa shape index (κ1) is 17.1. The molecule has 0 aliphatic carbocycles. The Labute approximate surface area is 148 Å². The molecule has 2 aromatic heterocycles. The fraction of sp³-hybridized carbons (Fsp3) is 0.286. The van der Waals surface area contributed by atoms with Gasteiger partial charge in [-0.1, -0.05) is 42.8 Å². The Morgan fingerprint density at radius 2 is 1.84 bits per heavy atom. The largest absolute Gasteiger partial charge is 0.508 e. The molecule has 0 amide bonds. The Balaban J connectivity index is 2.25. The van der Waals surface area contributed by atoms with Gasteiger partial charge in [0.05, 0.1) is 17.0 Å². The maximum atomic E-state index is 9.65. The molecule has 0 bridgehead atoms. The SMILES string of the molecule is CCCC=Cc1c(C)[nH]c(-c2c(C)noc2C)c1-c1ccc(O)cc1. The molecule has 0 fully saturated rings. The van der Waals surface area contributed by atoms with Crippen LogP contribution in [0.1, 0.15) is 42.5 Å². The summed E-state index contributed by atoms with van der Waals surface area (Å²) in [6, 6.07) is 7.32. The predicted octanol–water partition coefficient (Wildman–Crippen LogP) is 5.78. The lowest BCUT2D eigenvalue weighted by atomic mass is 9.96. The van der Waals surface area contributed by atoms with Crippen molar-refractivity contribution < 1.29 is 9.63 Å². The minimum atomic E-state index is 0.262. The van der Waals surface area contributed by atoms with Gasteiger partial charge < -0.3 is 14.6 Å². The van der Waals surface area contributed by atoms with Crippen LogP contribution in [0.25, 0.3) is 28.5 Å². The predicted molar refractivity (Wildman–Crippen MR) is 102 cm³/mol. The first-order valence-corrected chi connectivity index (χ1v) is 8.64. The summed E-state index contributed by atoms with van der Waals surface area (Å²) >= 11 is 0. The average molecular weight is 336 g/mol. The monoisotopic (exact) mass is 336 g/mol. The van der Waals surface area contributed by atoms with Gasteiger partial charge in [0.1, 0.15) is 11.5 Å². The number of aromatic amines is 1. The van der Waals surface area contributed by atoms with Crippen molar-refractivity contribution in [2.75, 3.05) is 0 Å². The van der Waals surface area contributed by atoms with Gasteiger partial charge in [-0.3, -0.25) is 0 Å². The van der Waals surface area contributed by atoms with Crippen LogP contribution in [0.15, 0.2) is 34.9 Å². The van der Waals surface area contributed by atoms with E-state index in [1.54, 1.807) is 12.1 Å². The standard InChI is InChI=1S/C21H24N2O2/c1-5-6-7-8-18-13(2)22-21(19-14(3)23-25-15(19)4)20(18)16-9-11-17(24)12-10-16/h7-12,22,24H,5-6H2,1-4H3. The maximum Gasteiger partial charge on any atom is 0.143 e. The summed E-state index contributed by atoms with van der Waals surface area (Å²) in [5.74, 6) is 1.06. The topological polar surface area (TPSA) is 62.0 Å². The summed E-state index contributed by atoms with van der Waals surface area (Å²) in [5.41, 5.74) is 7.30. The number of phenolic OH excluding ortho intramolecular Hbond substituents is 1. The van der Waals surface area contributed by atoms with Crippen LogP contribution in [-0.4, -0.2) is 15.2 Å². The van der Waals surface area contributed by atoms with Crippen molar-refractivity contribution in [1.82, 2.24) is 10.1 Å². The molecule has 0 atom stereocenters. The van der Waals surface area contributed by atoms with E-state index in [9.17, 15) is 5.11 Å². The highest BCUT2D eigenvalue weighted by atomic mass is 16.5. The van der Waals surface area contributed by atoms with Gasteiger partial charge in [-0.05, 0) is 44.9 Å². The highest BCUT2D eigenvalue weighted by Crippen LogP contribution is 2.40. The quantitative estimate of drug-likeness (QED) is 0.620. The Morgan fingerprint density at radius 3 is 2.44 bits per heavy atom. The number of H-pyrrole nitrogens is 1. The highest BCUT2D eigenvalue weighted by Gasteiger charge is 2.21. The van der Waals surface area contributed by atoms with Gasteiger partial charge >= 0.3 is 0 Å². The van der Waals surface area contributed by atoms with Crippen LogP contribution in [0.3, 0.4) is 0 Å². The number of phenols is 1. The van der Waals surface area contributed by atoms with Crippen LogP contribution in [0.5, 0.6) is 5.75 Å². The third-order valence-electron chi connectivity index (χ3n) is 4.42. The molecule has 2 heterocycles. The van der Waals surface area contributed by atoms with E-state index in [-0.39, 0.29) is 5.75 Å². The summed E-state index contributed by atoms with van der Waals surface area (Å²) in [6.07, 6.45) is 6.54. The molecule has 0 unspecified atom stereocenters. The molecule has 1 aromatic carbocycles. The third-order valence-corrected chi connectivity index (χ3v) is 4.42. The van der Waals surface area contributed by atoms with E-state index >= 15 is 0 Å². The first-order valence-electron chi connectivity index (χ1n) is 8.64. The van der Waals surface area contributed by atoms with Crippen molar-refractivity contribution in [3.8, 4) is 28.1 Å². The van der Waals surface area contributed by atoms with Crippen molar-refractivity contribution in [2.24, 2.45) is 0 Å². The fourth-order valence-electron chi connectivity index (χ4n) is 3.17. The lowest BCUT2D eigenvalue weighted by Crippen LogP contribution is -1.87. The molecular formula is C21H24N2O2. The number of unbranched alkanes of at least 4 members (excludes halogenated alkanes) is 1. The van der Waals surface area contributed by atoms with Crippen LogP contribution in [0, 0.1) is 20.8 Å². The molecule has 0 aliphatic rings. The Hall–Kier alpha value is -2.75. The number of nitrogens with zero attached hydrogens (tertiary/aromatic N) is 1. The summed E-state index contributed by atoms with van der Waals surface area (Å²) < 4.78 is 5.38. The van der Waals surface area contributed by atoms with Gasteiger partial charge in [-0.2, -0.15) is 0 Å². The van der Waals surface area contributed by atoms with Crippen molar-refractivity contribution in [3.05, 3.63) is 53.1 Å². The number of hydrogen-bond donors (Lipinski definition) is 2. The second-order valence-corrected chi connectivity index (χ2v) is 6.35. The van der Waals surface area contributed by atoms with E-state index in [2.05, 4.69) is 36.1 Å². The zero-order valence-corrected chi connectivity index (χ0v) is 15.2. The van der Waals surface area contributed by atoms with Gasteiger partial charge in [0.15, 0.2) is 0 Å². The molecule has 25 heavy (non-hydrogen) atoms. The molecule has 3 rings (SSSR count). The molecule has 4 nitrogen and oxygen atoms in total. The number of aryl methyl sites for hydroxylation is 3. The molecule has 4 heteroatoms. The summed E-state index contributed by atoms with van der Waals surface area (Å²) in [5, 5.41) is 13.7. The van der Waals surface area contributed by atoms with Gasteiger partial charge in [0.25, 0.3) is 0 Å². The van der Waals surface area contributed by atoms with E-state index < -0.39 is 0 Å². The van der Waals surface area contributed by atoms with Crippen molar-refractivity contribution in [1.29, 1.82) is 0 Å². The van der Waals surface area contributed by atoms with Crippen LogP contribution < -0.4 is 0 Å². The van der Waals surface area contributed by atoms with E-state index in [1.807, 2.05) is 26.0 Å².